The average Bonchev–Trinajstić information content (AvgIpc) is 2.47. The number of ether oxygens (including phenoxy) is 1. The number of hydrogen-bond acceptors (Lipinski definition) is 4. The molecule has 5 heteroatoms. The lowest BCUT2D eigenvalue weighted by Gasteiger charge is -2.43. The van der Waals surface area contributed by atoms with Crippen molar-refractivity contribution < 1.29 is 14.0 Å². The minimum Gasteiger partial charge on any atom is -0.481 e. The number of hydrogen-bond donors (Lipinski definition) is 0. The first kappa shape index (κ1) is 19.1. The van der Waals surface area contributed by atoms with E-state index in [4.69, 9.17) is 9.16 Å². The predicted molar refractivity (Wildman–Crippen MR) is 99.2 cm³/mol. The van der Waals surface area contributed by atoms with Crippen LogP contribution in [0.1, 0.15) is 57.2 Å². The second-order valence-corrected chi connectivity index (χ2v) is 13.1. The third-order valence-electron chi connectivity index (χ3n) is 5.57. The average molecular weight is 350 g/mol. The van der Waals surface area contributed by atoms with Gasteiger partial charge in [-0.1, -0.05) is 26.8 Å². The van der Waals surface area contributed by atoms with Crippen molar-refractivity contribution in [2.45, 2.75) is 77.1 Å². The van der Waals surface area contributed by atoms with Gasteiger partial charge in [-0.15, -0.1) is 0 Å². The first-order valence-electron chi connectivity index (χ1n) is 8.76. The third kappa shape index (κ3) is 4.06. The van der Waals surface area contributed by atoms with Crippen LogP contribution in [0.5, 0.6) is 5.88 Å². The van der Waals surface area contributed by atoms with Gasteiger partial charge in [-0.3, -0.25) is 4.79 Å². The van der Waals surface area contributed by atoms with E-state index < -0.39 is 8.32 Å². The van der Waals surface area contributed by atoms with Crippen LogP contribution in [0.25, 0.3) is 0 Å². The van der Waals surface area contributed by atoms with E-state index in [1.165, 1.54) is 0 Å². The molecule has 0 radical (unpaired) electrons. The van der Waals surface area contributed by atoms with E-state index in [0.29, 0.717) is 24.5 Å². The van der Waals surface area contributed by atoms with Crippen molar-refractivity contribution >= 4 is 14.1 Å². The summed E-state index contributed by atoms with van der Waals surface area (Å²) >= 11 is 0. The normalized spacial score (nSPS) is 22.5. The lowest BCUT2D eigenvalue weighted by molar-refractivity contribution is -0.122. The van der Waals surface area contributed by atoms with Crippen LogP contribution in [-0.2, 0) is 9.22 Å². The molecule has 4 nitrogen and oxygen atoms in total. The number of methoxy groups -OCH3 is 1. The Morgan fingerprint density at radius 2 is 1.92 bits per heavy atom. The number of Topliss-reactive ketones (excluding diaryl/α,β-unsaturated/α-hetero) is 1. The van der Waals surface area contributed by atoms with Crippen molar-refractivity contribution in [2.24, 2.45) is 0 Å². The molecule has 0 aromatic carbocycles. The predicted octanol–water partition coefficient (Wildman–Crippen LogP) is 4.63. The van der Waals surface area contributed by atoms with E-state index in [1.54, 1.807) is 7.11 Å². The van der Waals surface area contributed by atoms with Crippen molar-refractivity contribution in [1.29, 1.82) is 0 Å². The Balaban J connectivity index is 2.31. The monoisotopic (exact) mass is 349 g/mol. The molecule has 1 fully saturated rings. The van der Waals surface area contributed by atoms with Crippen LogP contribution < -0.4 is 4.74 Å². The highest BCUT2D eigenvalue weighted by Gasteiger charge is 2.42. The molecule has 2 atom stereocenters. The van der Waals surface area contributed by atoms with Gasteiger partial charge in [-0.2, -0.15) is 0 Å². The lowest BCUT2D eigenvalue weighted by Crippen LogP contribution is -2.46. The molecule has 24 heavy (non-hydrogen) atoms. The van der Waals surface area contributed by atoms with Gasteiger partial charge in [0.05, 0.1) is 13.2 Å². The first-order valence-corrected chi connectivity index (χ1v) is 11.7. The molecule has 1 aromatic rings. The maximum Gasteiger partial charge on any atom is 0.213 e. The van der Waals surface area contributed by atoms with Gasteiger partial charge in [0.2, 0.25) is 5.88 Å². The number of aryl methyl sites for hydroxylation is 1. The molecular formula is C19H31NO3Si. The van der Waals surface area contributed by atoms with Crippen molar-refractivity contribution in [2.75, 3.05) is 7.11 Å². The van der Waals surface area contributed by atoms with Crippen LogP contribution >= 0.6 is 0 Å². The van der Waals surface area contributed by atoms with Crippen LogP contribution in [-0.4, -0.2) is 32.3 Å². The molecule has 0 saturated heterocycles. The van der Waals surface area contributed by atoms with Crippen molar-refractivity contribution in [1.82, 2.24) is 4.98 Å². The highest BCUT2D eigenvalue weighted by atomic mass is 28.4. The quantitative estimate of drug-likeness (QED) is 0.744. The van der Waals surface area contributed by atoms with Gasteiger partial charge in [-0.25, -0.2) is 4.98 Å². The minimum absolute atomic E-state index is 0.0949. The molecule has 1 aliphatic carbocycles. The smallest absolute Gasteiger partial charge is 0.213 e. The fourth-order valence-corrected chi connectivity index (χ4v) is 4.44. The molecule has 0 aliphatic heterocycles. The Bertz CT molecular complexity index is 607. The number of ketones is 1. The van der Waals surface area contributed by atoms with E-state index in [2.05, 4.69) is 38.8 Å². The maximum atomic E-state index is 12.1. The van der Waals surface area contributed by atoms with Crippen LogP contribution in [0.2, 0.25) is 18.1 Å². The molecular weight excluding hydrogens is 318 g/mol. The number of pyridine rings is 1. The number of carbonyl (C=O) groups is 1. The van der Waals surface area contributed by atoms with Crippen molar-refractivity contribution in [3.8, 4) is 5.88 Å². The third-order valence-corrected chi connectivity index (χ3v) is 10.1. The first-order chi connectivity index (χ1) is 11.0. The molecule has 0 N–H and O–H groups in total. The molecule has 1 heterocycles. The molecule has 0 bridgehead atoms. The summed E-state index contributed by atoms with van der Waals surface area (Å²) in [5.74, 6) is 1.03. The van der Waals surface area contributed by atoms with Crippen molar-refractivity contribution in [3.63, 3.8) is 0 Å². The highest BCUT2D eigenvalue weighted by molar-refractivity contribution is 6.74. The molecule has 0 amide bonds. The molecule has 1 aliphatic rings. The summed E-state index contributed by atoms with van der Waals surface area (Å²) < 4.78 is 11.9. The van der Waals surface area contributed by atoms with Gasteiger partial charge in [0.15, 0.2) is 8.32 Å². The molecule has 0 spiro atoms. The highest BCUT2D eigenvalue weighted by Crippen LogP contribution is 2.42. The standard InChI is InChI=1S/C19H31NO3Si/c1-13-15(9-11-18(20-13)22-5)16-12-14(21)8-10-17(16)23-24(6,7)19(2,3)4/h9,11,16-17H,8,10,12H2,1-7H3/t16-,17+/m1/s1. The number of rotatable bonds is 4. The minimum atomic E-state index is -1.88. The Morgan fingerprint density at radius 1 is 1.25 bits per heavy atom. The van der Waals surface area contributed by atoms with Gasteiger partial charge >= 0.3 is 0 Å². The zero-order valence-electron chi connectivity index (χ0n) is 16.1. The summed E-state index contributed by atoms with van der Waals surface area (Å²) in [7, 11) is -0.261. The fourth-order valence-electron chi connectivity index (χ4n) is 3.04. The SMILES string of the molecule is COc1ccc([C@H]2CC(=O)CC[C@@H]2O[Si](C)(C)C(C)(C)C)c(C)n1. The lowest BCUT2D eigenvalue weighted by atomic mass is 9.80. The molecule has 0 unspecified atom stereocenters. The summed E-state index contributed by atoms with van der Waals surface area (Å²) in [4.78, 5) is 16.6. The maximum absolute atomic E-state index is 12.1. The summed E-state index contributed by atoms with van der Waals surface area (Å²) in [5.41, 5.74) is 2.05. The molecule has 2 rings (SSSR count). The second kappa shape index (κ2) is 6.96. The summed E-state index contributed by atoms with van der Waals surface area (Å²) in [5, 5.41) is 0.159. The van der Waals surface area contributed by atoms with E-state index in [9.17, 15) is 4.79 Å². The Kier molecular flexibility index (Phi) is 5.55. The van der Waals surface area contributed by atoms with E-state index in [1.807, 2.05) is 19.1 Å². The topological polar surface area (TPSA) is 48.4 Å². The van der Waals surface area contributed by atoms with Gasteiger partial charge in [0.25, 0.3) is 0 Å². The van der Waals surface area contributed by atoms with Gasteiger partial charge in [0.1, 0.15) is 5.78 Å². The molecule has 1 saturated carbocycles. The van der Waals surface area contributed by atoms with E-state index in [0.717, 1.165) is 17.7 Å². The van der Waals surface area contributed by atoms with Gasteiger partial charge in [0, 0.05) is 30.5 Å². The Labute approximate surface area is 147 Å². The second-order valence-electron chi connectivity index (χ2n) is 8.33. The summed E-state index contributed by atoms with van der Waals surface area (Å²) in [6.07, 6.45) is 2.08. The van der Waals surface area contributed by atoms with Gasteiger partial charge < -0.3 is 9.16 Å². The van der Waals surface area contributed by atoms with Crippen LogP contribution in [0.15, 0.2) is 12.1 Å². The number of carbonyl (C=O) groups excluding carboxylic acids is 1. The Hall–Kier alpha value is -1.20. The van der Waals surface area contributed by atoms with E-state index >= 15 is 0 Å². The summed E-state index contributed by atoms with van der Waals surface area (Å²) in [6.45, 7) is 13.3. The zero-order valence-corrected chi connectivity index (χ0v) is 17.1. The zero-order chi connectivity index (χ0) is 18.1. The number of nitrogens with zero attached hydrogens (tertiary/aromatic N) is 1. The van der Waals surface area contributed by atoms with Crippen LogP contribution in [0.4, 0.5) is 0 Å². The van der Waals surface area contributed by atoms with Gasteiger partial charge in [-0.05, 0) is 37.0 Å². The Morgan fingerprint density at radius 3 is 2.46 bits per heavy atom. The fraction of sp³-hybridized carbons (Fsp3) is 0.684. The molecule has 134 valence electrons. The molecule has 1 aromatic heterocycles. The summed E-state index contributed by atoms with van der Waals surface area (Å²) in [6, 6.07) is 3.93. The number of aromatic nitrogens is 1. The van der Waals surface area contributed by atoms with E-state index in [-0.39, 0.29) is 17.1 Å². The van der Waals surface area contributed by atoms with Crippen LogP contribution in [0, 0.1) is 6.92 Å². The van der Waals surface area contributed by atoms with Crippen molar-refractivity contribution in [3.05, 3.63) is 23.4 Å². The largest absolute Gasteiger partial charge is 0.481 e. The van der Waals surface area contributed by atoms with Crippen LogP contribution in [0.3, 0.4) is 0 Å².